The summed E-state index contributed by atoms with van der Waals surface area (Å²) in [6.07, 6.45) is 10.2. The Hall–Kier alpha value is -1.58. The standard InChI is InChI=1S/C10H14BrNO3.C3H8O.C3H4/c1-3-4-8(11)5-6-9(13)12-7-10(14)15-2;1-3-4-2;1-3-2/h3-5H,6-7H2,1-2H3,(H,12,13);3H2,1-2H3;1H,2H3/b4-3-,8-5+;;. The van der Waals surface area contributed by atoms with Crippen molar-refractivity contribution in [2.24, 2.45) is 0 Å². The summed E-state index contributed by atoms with van der Waals surface area (Å²) < 4.78 is 9.75. The Bertz CT molecular complexity index is 382. The van der Waals surface area contributed by atoms with E-state index >= 15 is 0 Å². The molecule has 5 nitrogen and oxygen atoms in total. The van der Waals surface area contributed by atoms with Gasteiger partial charge in [0.15, 0.2) is 0 Å². The van der Waals surface area contributed by atoms with Crippen LogP contribution in [0.1, 0.15) is 27.2 Å². The summed E-state index contributed by atoms with van der Waals surface area (Å²) in [6, 6.07) is 0. The van der Waals surface area contributed by atoms with Gasteiger partial charge in [0.1, 0.15) is 6.54 Å². The van der Waals surface area contributed by atoms with Gasteiger partial charge in [-0.15, -0.1) is 12.3 Å². The summed E-state index contributed by atoms with van der Waals surface area (Å²) in [5.41, 5.74) is 0. The second-order valence-corrected chi connectivity index (χ2v) is 4.43. The van der Waals surface area contributed by atoms with Crippen molar-refractivity contribution < 1.29 is 19.1 Å². The molecule has 0 aliphatic carbocycles. The fourth-order valence-electron chi connectivity index (χ4n) is 0.733. The number of carbonyl (C=O) groups excluding carboxylic acids is 2. The highest BCUT2D eigenvalue weighted by atomic mass is 79.9. The number of allylic oxidation sites excluding steroid dienone is 3. The number of terminal acetylenes is 1. The molecule has 0 heterocycles. The number of methoxy groups -OCH3 is 2. The molecule has 22 heavy (non-hydrogen) atoms. The lowest BCUT2D eigenvalue weighted by molar-refractivity contribution is -0.141. The Morgan fingerprint density at radius 2 is 1.86 bits per heavy atom. The smallest absolute Gasteiger partial charge is 0.325 e. The largest absolute Gasteiger partial charge is 0.468 e. The van der Waals surface area contributed by atoms with Crippen molar-refractivity contribution in [2.45, 2.75) is 27.2 Å². The van der Waals surface area contributed by atoms with E-state index in [1.165, 1.54) is 7.11 Å². The van der Waals surface area contributed by atoms with E-state index in [-0.39, 0.29) is 18.9 Å². The van der Waals surface area contributed by atoms with Crippen molar-refractivity contribution in [2.75, 3.05) is 27.4 Å². The monoisotopic (exact) mass is 375 g/mol. The van der Waals surface area contributed by atoms with Gasteiger partial charge in [-0.1, -0.05) is 34.2 Å². The Morgan fingerprint density at radius 3 is 2.23 bits per heavy atom. The second-order valence-electron chi connectivity index (χ2n) is 3.51. The van der Waals surface area contributed by atoms with Crippen molar-refractivity contribution in [1.29, 1.82) is 0 Å². The first-order valence-corrected chi connectivity index (χ1v) is 7.40. The minimum Gasteiger partial charge on any atom is -0.468 e. The highest BCUT2D eigenvalue weighted by Crippen LogP contribution is 2.07. The van der Waals surface area contributed by atoms with Crippen LogP contribution in [0.15, 0.2) is 22.7 Å². The van der Waals surface area contributed by atoms with Gasteiger partial charge in [0, 0.05) is 24.6 Å². The van der Waals surface area contributed by atoms with Crippen LogP contribution in [0.25, 0.3) is 0 Å². The predicted octanol–water partition coefficient (Wildman–Crippen LogP) is 2.81. The quantitative estimate of drug-likeness (QED) is 0.440. The summed E-state index contributed by atoms with van der Waals surface area (Å²) in [6.45, 7) is 6.22. The van der Waals surface area contributed by atoms with E-state index in [1.54, 1.807) is 20.1 Å². The number of hydrogen-bond donors (Lipinski definition) is 1. The first-order valence-electron chi connectivity index (χ1n) is 6.61. The number of hydrogen-bond acceptors (Lipinski definition) is 4. The number of nitrogens with one attached hydrogen (secondary N) is 1. The van der Waals surface area contributed by atoms with E-state index in [9.17, 15) is 9.59 Å². The van der Waals surface area contributed by atoms with Crippen LogP contribution in [-0.2, 0) is 19.1 Å². The molecule has 0 saturated heterocycles. The normalized spacial score (nSPS) is 9.59. The second kappa shape index (κ2) is 21.7. The molecule has 126 valence electrons. The molecule has 1 amide bonds. The van der Waals surface area contributed by atoms with Crippen LogP contribution < -0.4 is 5.32 Å². The zero-order chi connectivity index (χ0) is 17.8. The van der Waals surface area contributed by atoms with Gasteiger partial charge in [0.2, 0.25) is 5.91 Å². The van der Waals surface area contributed by atoms with Gasteiger partial charge in [-0.2, -0.15) is 0 Å². The number of carbonyl (C=O) groups is 2. The van der Waals surface area contributed by atoms with Gasteiger partial charge >= 0.3 is 5.97 Å². The molecule has 0 aromatic rings. The topological polar surface area (TPSA) is 64.6 Å². The van der Waals surface area contributed by atoms with E-state index < -0.39 is 5.97 Å². The molecule has 0 atom stereocenters. The molecule has 0 aliphatic heterocycles. The van der Waals surface area contributed by atoms with Crippen LogP contribution in [0, 0.1) is 12.3 Å². The summed E-state index contributed by atoms with van der Waals surface area (Å²) in [5, 5.41) is 2.43. The van der Waals surface area contributed by atoms with Gasteiger partial charge < -0.3 is 14.8 Å². The Morgan fingerprint density at radius 1 is 1.36 bits per heavy atom. The lowest BCUT2D eigenvalue weighted by atomic mass is 10.3. The third-order valence-corrected chi connectivity index (χ3v) is 2.34. The maximum absolute atomic E-state index is 11.2. The van der Waals surface area contributed by atoms with Crippen molar-refractivity contribution in [3.63, 3.8) is 0 Å². The Balaban J connectivity index is -0.000000432. The van der Waals surface area contributed by atoms with Crippen molar-refractivity contribution in [3.05, 3.63) is 22.7 Å². The van der Waals surface area contributed by atoms with Crippen LogP contribution in [0.2, 0.25) is 0 Å². The number of amides is 1. The molecule has 0 rings (SSSR count). The highest BCUT2D eigenvalue weighted by Gasteiger charge is 2.03. The molecule has 1 N–H and O–H groups in total. The molecule has 0 aromatic heterocycles. The predicted molar refractivity (Wildman–Crippen MR) is 93.5 cm³/mol. The van der Waals surface area contributed by atoms with Gasteiger partial charge in [-0.25, -0.2) is 0 Å². The van der Waals surface area contributed by atoms with Crippen molar-refractivity contribution in [1.82, 2.24) is 5.32 Å². The molecule has 0 bridgehead atoms. The van der Waals surface area contributed by atoms with Gasteiger partial charge in [0.05, 0.1) is 7.11 Å². The summed E-state index contributed by atoms with van der Waals surface area (Å²) in [5.74, 6) is 1.57. The van der Waals surface area contributed by atoms with E-state index in [0.717, 1.165) is 11.1 Å². The van der Waals surface area contributed by atoms with Gasteiger partial charge in [-0.3, -0.25) is 9.59 Å². The van der Waals surface area contributed by atoms with E-state index in [2.05, 4.69) is 43.1 Å². The average Bonchev–Trinajstić information content (AvgIpc) is 2.51. The minimum atomic E-state index is -0.458. The summed E-state index contributed by atoms with van der Waals surface area (Å²) >= 11 is 3.26. The van der Waals surface area contributed by atoms with E-state index in [0.29, 0.717) is 0 Å². The molecule has 6 heteroatoms. The molecule has 0 fully saturated rings. The number of rotatable bonds is 6. The summed E-state index contributed by atoms with van der Waals surface area (Å²) in [7, 11) is 2.96. The van der Waals surface area contributed by atoms with Gasteiger partial charge in [0.25, 0.3) is 0 Å². The van der Waals surface area contributed by atoms with Gasteiger partial charge in [-0.05, 0) is 20.8 Å². The Labute approximate surface area is 142 Å². The zero-order valence-corrected chi connectivity index (χ0v) is 15.5. The van der Waals surface area contributed by atoms with E-state index in [1.807, 2.05) is 26.0 Å². The maximum atomic E-state index is 11.2. The number of halogens is 1. The van der Waals surface area contributed by atoms with Crippen LogP contribution in [0.3, 0.4) is 0 Å². The maximum Gasteiger partial charge on any atom is 0.325 e. The number of esters is 1. The first kappa shape index (κ1) is 25.4. The first-order chi connectivity index (χ1) is 10.4. The third kappa shape index (κ3) is 26.9. The minimum absolute atomic E-state index is 0.0928. The van der Waals surface area contributed by atoms with Crippen LogP contribution in [-0.4, -0.2) is 39.2 Å². The average molecular weight is 376 g/mol. The fraction of sp³-hybridized carbons (Fsp3) is 0.500. The van der Waals surface area contributed by atoms with Crippen molar-refractivity contribution >= 4 is 27.8 Å². The van der Waals surface area contributed by atoms with Crippen LogP contribution in [0.5, 0.6) is 0 Å². The lowest BCUT2D eigenvalue weighted by Crippen LogP contribution is -2.29. The molecular formula is C16H26BrNO4. The van der Waals surface area contributed by atoms with Crippen molar-refractivity contribution in [3.8, 4) is 12.3 Å². The van der Waals surface area contributed by atoms with Crippen LogP contribution in [0.4, 0.5) is 0 Å². The third-order valence-electron chi connectivity index (χ3n) is 1.75. The fourth-order valence-corrected chi connectivity index (χ4v) is 1.16. The SMILES string of the molecule is C#CC.C/C=C\C(Br)=C/CC(=O)NCC(=O)OC.CCOC. The zero-order valence-electron chi connectivity index (χ0n) is 13.9. The summed E-state index contributed by atoms with van der Waals surface area (Å²) in [4.78, 5) is 21.8. The molecule has 0 spiro atoms. The molecule has 0 aromatic carbocycles. The molecule has 0 unspecified atom stereocenters. The molecule has 0 radical (unpaired) electrons. The number of ether oxygens (including phenoxy) is 2. The molecular weight excluding hydrogens is 350 g/mol. The highest BCUT2D eigenvalue weighted by molar-refractivity contribution is 9.11. The molecule has 0 aliphatic rings. The Kier molecular flexibility index (Phi) is 25.0. The molecule has 0 saturated carbocycles. The van der Waals surface area contributed by atoms with Crippen LogP contribution >= 0.6 is 15.9 Å². The lowest BCUT2D eigenvalue weighted by Gasteiger charge is -2.01. The van der Waals surface area contributed by atoms with E-state index in [4.69, 9.17) is 0 Å².